The molecule has 2 aromatic rings. The molecule has 116 valence electrons. The number of carbonyl (C=O) groups is 1. The Morgan fingerprint density at radius 2 is 1.82 bits per heavy atom. The summed E-state index contributed by atoms with van der Waals surface area (Å²) in [5, 5.41) is 13.9. The zero-order valence-electron chi connectivity index (χ0n) is 13.4. The van der Waals surface area contributed by atoms with Gasteiger partial charge in [0.2, 0.25) is 0 Å². The van der Waals surface area contributed by atoms with Gasteiger partial charge in [-0.2, -0.15) is 5.10 Å². The molecule has 1 aliphatic heterocycles. The number of carboxylic acid groups (broad SMARTS) is 1. The first-order valence-corrected chi connectivity index (χ1v) is 7.18. The minimum atomic E-state index is -1.04. The fourth-order valence-electron chi connectivity index (χ4n) is 2.57. The zero-order chi connectivity index (χ0) is 16.3. The van der Waals surface area contributed by atoms with Crippen molar-refractivity contribution in [3.05, 3.63) is 23.9 Å². The second kappa shape index (κ2) is 4.57. The molecule has 0 aliphatic carbocycles. The molecule has 0 saturated carbocycles. The lowest BCUT2D eigenvalue weighted by molar-refractivity contribution is 0.00578. The number of rotatable bonds is 2. The van der Waals surface area contributed by atoms with Crippen LogP contribution < -0.4 is 5.46 Å². The normalized spacial score (nSPS) is 19.8. The van der Waals surface area contributed by atoms with Crippen molar-refractivity contribution in [1.29, 1.82) is 0 Å². The van der Waals surface area contributed by atoms with E-state index in [1.165, 1.54) is 0 Å². The molecule has 3 rings (SSSR count). The maximum Gasteiger partial charge on any atom is 0.494 e. The number of hydrogen-bond donors (Lipinski definition) is 1. The standard InChI is InChI=1S/C15H19BN2O4/c1-14(2)15(3,4)22-16(21-14)9-6-7-11-10(8-9)12(13(19)20)17-18(11)5/h6-8H,1-5H3,(H,19,20). The van der Waals surface area contributed by atoms with Gasteiger partial charge in [-0.05, 0) is 39.2 Å². The van der Waals surface area contributed by atoms with E-state index in [0.717, 1.165) is 11.0 Å². The van der Waals surface area contributed by atoms with Crippen LogP contribution in [0.5, 0.6) is 0 Å². The maximum atomic E-state index is 11.3. The van der Waals surface area contributed by atoms with E-state index in [4.69, 9.17) is 9.31 Å². The van der Waals surface area contributed by atoms with E-state index in [1.54, 1.807) is 17.8 Å². The Bertz CT molecular complexity index is 750. The predicted molar refractivity (Wildman–Crippen MR) is 83.4 cm³/mol. The van der Waals surface area contributed by atoms with Crippen molar-refractivity contribution < 1.29 is 19.2 Å². The van der Waals surface area contributed by atoms with Gasteiger partial charge in [0, 0.05) is 12.4 Å². The van der Waals surface area contributed by atoms with Gasteiger partial charge in [0.15, 0.2) is 5.69 Å². The third-order valence-corrected chi connectivity index (χ3v) is 4.60. The molecule has 1 aromatic carbocycles. The van der Waals surface area contributed by atoms with E-state index in [-0.39, 0.29) is 5.69 Å². The van der Waals surface area contributed by atoms with Crippen molar-refractivity contribution in [3.8, 4) is 0 Å². The molecule has 2 heterocycles. The van der Waals surface area contributed by atoms with Crippen molar-refractivity contribution in [2.24, 2.45) is 7.05 Å². The molecule has 0 unspecified atom stereocenters. The van der Waals surface area contributed by atoms with Crippen molar-refractivity contribution in [3.63, 3.8) is 0 Å². The minimum absolute atomic E-state index is 0.0378. The number of fused-ring (bicyclic) bond motifs is 1. The first-order chi connectivity index (χ1) is 10.1. The highest BCUT2D eigenvalue weighted by Gasteiger charge is 2.51. The number of hydrogen-bond acceptors (Lipinski definition) is 4. The maximum absolute atomic E-state index is 11.3. The van der Waals surface area contributed by atoms with Crippen molar-refractivity contribution >= 4 is 29.5 Å². The largest absolute Gasteiger partial charge is 0.494 e. The van der Waals surface area contributed by atoms with E-state index in [9.17, 15) is 9.90 Å². The summed E-state index contributed by atoms with van der Waals surface area (Å²) in [6.45, 7) is 7.94. The third-order valence-electron chi connectivity index (χ3n) is 4.60. The second-order valence-electron chi connectivity index (χ2n) is 6.64. The molecule has 0 amide bonds. The molecule has 1 N–H and O–H groups in total. The van der Waals surface area contributed by atoms with Gasteiger partial charge in [0.1, 0.15) is 0 Å². The Kier molecular flexibility index (Phi) is 3.13. The average molecular weight is 302 g/mol. The molecule has 22 heavy (non-hydrogen) atoms. The average Bonchev–Trinajstić information content (AvgIpc) is 2.84. The van der Waals surface area contributed by atoms with E-state index in [1.807, 2.05) is 39.8 Å². The monoisotopic (exact) mass is 302 g/mol. The van der Waals surface area contributed by atoms with Crippen LogP contribution in [0.1, 0.15) is 38.2 Å². The molecule has 0 spiro atoms. The summed E-state index contributed by atoms with van der Waals surface area (Å²) in [5.41, 5.74) is 0.726. The van der Waals surface area contributed by atoms with Crippen LogP contribution in [0.3, 0.4) is 0 Å². The lowest BCUT2D eigenvalue weighted by atomic mass is 9.78. The summed E-state index contributed by atoms with van der Waals surface area (Å²) in [5.74, 6) is -1.04. The highest BCUT2D eigenvalue weighted by molar-refractivity contribution is 6.62. The van der Waals surface area contributed by atoms with Gasteiger partial charge >= 0.3 is 13.1 Å². The van der Waals surface area contributed by atoms with E-state index < -0.39 is 24.3 Å². The topological polar surface area (TPSA) is 73.6 Å². The fourth-order valence-corrected chi connectivity index (χ4v) is 2.57. The highest BCUT2D eigenvalue weighted by Crippen LogP contribution is 2.36. The minimum Gasteiger partial charge on any atom is -0.476 e. The Morgan fingerprint density at radius 1 is 1.23 bits per heavy atom. The second-order valence-corrected chi connectivity index (χ2v) is 6.64. The zero-order valence-corrected chi connectivity index (χ0v) is 13.4. The molecule has 7 heteroatoms. The van der Waals surface area contributed by atoms with Crippen molar-refractivity contribution in [1.82, 2.24) is 9.78 Å². The molecular formula is C15H19BN2O4. The van der Waals surface area contributed by atoms with Crippen LogP contribution in [-0.2, 0) is 16.4 Å². The van der Waals surface area contributed by atoms with Gasteiger partial charge < -0.3 is 14.4 Å². The summed E-state index contributed by atoms with van der Waals surface area (Å²) in [7, 11) is 1.21. The molecule has 0 radical (unpaired) electrons. The number of carboxylic acids is 1. The quantitative estimate of drug-likeness (QED) is 0.852. The smallest absolute Gasteiger partial charge is 0.476 e. The Labute approximate surface area is 129 Å². The molecule has 1 aromatic heterocycles. The Morgan fingerprint density at radius 3 is 2.36 bits per heavy atom. The van der Waals surface area contributed by atoms with E-state index >= 15 is 0 Å². The summed E-state index contributed by atoms with van der Waals surface area (Å²) in [6.07, 6.45) is 0. The first-order valence-electron chi connectivity index (χ1n) is 7.18. The molecule has 0 bridgehead atoms. The number of nitrogens with zero attached hydrogens (tertiary/aromatic N) is 2. The van der Waals surface area contributed by atoms with Crippen LogP contribution in [0.2, 0.25) is 0 Å². The Balaban J connectivity index is 2.07. The van der Waals surface area contributed by atoms with Crippen LogP contribution in [0.25, 0.3) is 10.9 Å². The van der Waals surface area contributed by atoms with Gasteiger partial charge in [-0.15, -0.1) is 0 Å². The van der Waals surface area contributed by atoms with Gasteiger partial charge in [-0.3, -0.25) is 4.68 Å². The van der Waals surface area contributed by atoms with Gasteiger partial charge in [0.05, 0.1) is 16.7 Å². The van der Waals surface area contributed by atoms with Crippen LogP contribution in [0.15, 0.2) is 18.2 Å². The van der Waals surface area contributed by atoms with Crippen molar-refractivity contribution in [2.75, 3.05) is 0 Å². The summed E-state index contributed by atoms with van der Waals surface area (Å²) in [4.78, 5) is 11.3. The van der Waals surface area contributed by atoms with Crippen LogP contribution in [-0.4, -0.2) is 39.2 Å². The number of aromatic carboxylic acids is 1. The summed E-state index contributed by atoms with van der Waals surface area (Å²) in [6, 6.07) is 5.51. The molecule has 1 saturated heterocycles. The van der Waals surface area contributed by atoms with Crippen LogP contribution in [0, 0.1) is 0 Å². The van der Waals surface area contributed by atoms with E-state index in [0.29, 0.717) is 5.39 Å². The summed E-state index contributed by atoms with van der Waals surface area (Å²) >= 11 is 0. The molecule has 0 atom stereocenters. The fraction of sp³-hybridized carbons (Fsp3) is 0.467. The van der Waals surface area contributed by atoms with Gasteiger partial charge in [-0.1, -0.05) is 12.1 Å². The third kappa shape index (κ3) is 2.12. The molecule has 1 fully saturated rings. The summed E-state index contributed by atoms with van der Waals surface area (Å²) < 4.78 is 13.6. The molecule has 6 nitrogen and oxygen atoms in total. The SMILES string of the molecule is Cn1nc(C(=O)O)c2cc(B3OC(C)(C)C(C)(C)O3)ccc21. The number of aromatic nitrogens is 2. The Hall–Kier alpha value is -1.86. The first kappa shape index (κ1) is 15.1. The number of aryl methyl sites for hydroxylation is 1. The van der Waals surface area contributed by atoms with Crippen LogP contribution >= 0.6 is 0 Å². The highest BCUT2D eigenvalue weighted by atomic mass is 16.7. The lowest BCUT2D eigenvalue weighted by Gasteiger charge is -2.32. The van der Waals surface area contributed by atoms with Gasteiger partial charge in [0.25, 0.3) is 0 Å². The molecule has 1 aliphatic rings. The van der Waals surface area contributed by atoms with Gasteiger partial charge in [-0.25, -0.2) is 4.79 Å². The predicted octanol–water partition coefficient (Wildman–Crippen LogP) is 1.57. The number of benzene rings is 1. The van der Waals surface area contributed by atoms with Crippen LogP contribution in [0.4, 0.5) is 0 Å². The lowest BCUT2D eigenvalue weighted by Crippen LogP contribution is -2.41. The molecular weight excluding hydrogens is 283 g/mol. The van der Waals surface area contributed by atoms with Crippen molar-refractivity contribution in [2.45, 2.75) is 38.9 Å². The van der Waals surface area contributed by atoms with E-state index in [2.05, 4.69) is 5.10 Å².